The molecule has 0 unspecified atom stereocenters. The van der Waals surface area contributed by atoms with Gasteiger partial charge < -0.3 is 4.48 Å². The van der Waals surface area contributed by atoms with Gasteiger partial charge in [-0.05, 0) is 27.7 Å². The molecule has 0 aromatic carbocycles. The standard InChI is InChI=1S/C8H20N.Na.H/c1-5-9(6-2,7-3)8-4;;/h5-8H2,1-4H3;;/q+1;;. The number of hydrogen-bond donors (Lipinski definition) is 0. The first-order chi connectivity index (χ1) is 4.24. The molecular formula is C8H21NNa+. The molecule has 10 heavy (non-hydrogen) atoms. The predicted molar refractivity (Wildman–Crippen MR) is 49.6 cm³/mol. The Morgan fingerprint density at radius 3 is 0.900 bits per heavy atom. The minimum atomic E-state index is 0. The van der Waals surface area contributed by atoms with Gasteiger partial charge in [-0.15, -0.1) is 0 Å². The third kappa shape index (κ3) is 3.38. The molecule has 0 spiro atoms. The van der Waals surface area contributed by atoms with E-state index >= 15 is 0 Å². The van der Waals surface area contributed by atoms with Crippen LogP contribution >= 0.6 is 0 Å². The normalized spacial score (nSPS) is 10.8. The Balaban J connectivity index is 0. The monoisotopic (exact) mass is 154 g/mol. The van der Waals surface area contributed by atoms with Crippen molar-refractivity contribution in [3.8, 4) is 0 Å². The molecule has 0 fully saturated rings. The van der Waals surface area contributed by atoms with Crippen molar-refractivity contribution in [1.82, 2.24) is 0 Å². The van der Waals surface area contributed by atoms with Crippen LogP contribution in [-0.4, -0.2) is 60.2 Å². The average molecular weight is 154 g/mol. The van der Waals surface area contributed by atoms with E-state index in [0.717, 1.165) is 0 Å². The van der Waals surface area contributed by atoms with Gasteiger partial charge in [-0.2, -0.15) is 0 Å². The van der Waals surface area contributed by atoms with Crippen LogP contribution < -0.4 is 0 Å². The third-order valence-corrected chi connectivity index (χ3v) is 2.68. The fraction of sp³-hybridized carbons (Fsp3) is 1.00. The SMILES string of the molecule is CC[N+](CC)(CC)CC.[NaH]. The van der Waals surface area contributed by atoms with Crippen LogP contribution in [0, 0.1) is 0 Å². The van der Waals surface area contributed by atoms with Crippen molar-refractivity contribution in [3.63, 3.8) is 0 Å². The molecule has 2 heteroatoms. The van der Waals surface area contributed by atoms with E-state index in [2.05, 4.69) is 27.7 Å². The first-order valence-electron chi connectivity index (χ1n) is 4.09. The van der Waals surface area contributed by atoms with E-state index in [4.69, 9.17) is 0 Å². The van der Waals surface area contributed by atoms with E-state index in [0.29, 0.717) is 0 Å². The molecule has 0 aliphatic carbocycles. The molecule has 0 N–H and O–H groups in total. The summed E-state index contributed by atoms with van der Waals surface area (Å²) in [6.07, 6.45) is 0. The van der Waals surface area contributed by atoms with Gasteiger partial charge in [0.25, 0.3) is 0 Å². The summed E-state index contributed by atoms with van der Waals surface area (Å²) >= 11 is 0. The summed E-state index contributed by atoms with van der Waals surface area (Å²) in [7, 11) is 0. The van der Waals surface area contributed by atoms with E-state index in [-0.39, 0.29) is 29.6 Å². The van der Waals surface area contributed by atoms with Crippen molar-refractivity contribution in [2.75, 3.05) is 26.2 Å². The third-order valence-electron chi connectivity index (χ3n) is 2.68. The molecule has 0 heterocycles. The molecule has 0 aliphatic heterocycles. The molecule has 58 valence electrons. The Morgan fingerprint density at radius 1 is 0.700 bits per heavy atom. The van der Waals surface area contributed by atoms with Crippen LogP contribution in [-0.2, 0) is 0 Å². The summed E-state index contributed by atoms with van der Waals surface area (Å²) in [5, 5.41) is 0. The van der Waals surface area contributed by atoms with E-state index in [1.807, 2.05) is 0 Å². The zero-order valence-electron chi connectivity index (χ0n) is 7.28. The van der Waals surface area contributed by atoms with Gasteiger partial charge in [0.05, 0.1) is 26.2 Å². The fourth-order valence-electron chi connectivity index (χ4n) is 1.34. The van der Waals surface area contributed by atoms with Crippen LogP contribution in [0.3, 0.4) is 0 Å². The van der Waals surface area contributed by atoms with Crippen LogP contribution in [0.25, 0.3) is 0 Å². The second kappa shape index (κ2) is 6.66. The first kappa shape index (κ1) is 13.5. The Kier molecular flexibility index (Phi) is 9.02. The quantitative estimate of drug-likeness (QED) is 0.422. The van der Waals surface area contributed by atoms with Crippen molar-refractivity contribution in [2.24, 2.45) is 0 Å². The number of rotatable bonds is 4. The molecule has 0 atom stereocenters. The summed E-state index contributed by atoms with van der Waals surface area (Å²) in [6, 6.07) is 0. The Hall–Kier alpha value is 0.960. The number of nitrogens with zero attached hydrogens (tertiary/aromatic N) is 1. The van der Waals surface area contributed by atoms with Crippen molar-refractivity contribution >= 4 is 29.6 Å². The zero-order valence-corrected chi connectivity index (χ0v) is 7.28. The Bertz CT molecular complexity index is 52.1. The summed E-state index contributed by atoms with van der Waals surface area (Å²) in [6.45, 7) is 14.2. The summed E-state index contributed by atoms with van der Waals surface area (Å²) < 4.78 is 1.28. The molecule has 0 saturated carbocycles. The van der Waals surface area contributed by atoms with Gasteiger partial charge in [-0.3, -0.25) is 0 Å². The number of hydrogen-bond acceptors (Lipinski definition) is 0. The van der Waals surface area contributed by atoms with Crippen molar-refractivity contribution in [1.29, 1.82) is 0 Å². The van der Waals surface area contributed by atoms with Gasteiger partial charge in [-0.25, -0.2) is 0 Å². The van der Waals surface area contributed by atoms with Crippen LogP contribution in [0.1, 0.15) is 27.7 Å². The molecule has 0 saturated heterocycles. The summed E-state index contributed by atoms with van der Waals surface area (Å²) in [5.41, 5.74) is 0. The van der Waals surface area contributed by atoms with Crippen molar-refractivity contribution in [3.05, 3.63) is 0 Å². The minimum absolute atomic E-state index is 0. The molecule has 0 rings (SSSR count). The van der Waals surface area contributed by atoms with Gasteiger partial charge in [-0.1, -0.05) is 0 Å². The molecule has 0 radical (unpaired) electrons. The van der Waals surface area contributed by atoms with Crippen LogP contribution in [0.15, 0.2) is 0 Å². The van der Waals surface area contributed by atoms with Crippen LogP contribution in [0.5, 0.6) is 0 Å². The predicted octanol–water partition coefficient (Wildman–Crippen LogP) is 1.23. The summed E-state index contributed by atoms with van der Waals surface area (Å²) in [4.78, 5) is 0. The van der Waals surface area contributed by atoms with E-state index < -0.39 is 0 Å². The number of quaternary nitrogens is 1. The molecule has 1 nitrogen and oxygen atoms in total. The summed E-state index contributed by atoms with van der Waals surface area (Å²) in [5.74, 6) is 0. The van der Waals surface area contributed by atoms with Crippen LogP contribution in [0.2, 0.25) is 0 Å². The molecule has 0 amide bonds. The van der Waals surface area contributed by atoms with Crippen molar-refractivity contribution in [2.45, 2.75) is 27.7 Å². The second-order valence-corrected chi connectivity index (χ2v) is 2.61. The molecular weight excluding hydrogens is 133 g/mol. The average Bonchev–Trinajstić information content (AvgIpc) is 1.95. The first-order valence-corrected chi connectivity index (χ1v) is 4.09. The van der Waals surface area contributed by atoms with Gasteiger partial charge in [0.1, 0.15) is 0 Å². The van der Waals surface area contributed by atoms with Crippen molar-refractivity contribution < 1.29 is 4.48 Å². The topological polar surface area (TPSA) is 0 Å². The fourth-order valence-corrected chi connectivity index (χ4v) is 1.34. The Morgan fingerprint density at radius 2 is 0.900 bits per heavy atom. The van der Waals surface area contributed by atoms with Gasteiger partial charge in [0.15, 0.2) is 0 Å². The van der Waals surface area contributed by atoms with Gasteiger partial charge >= 0.3 is 29.6 Å². The molecule has 0 aromatic rings. The van der Waals surface area contributed by atoms with Gasteiger partial charge in [0, 0.05) is 0 Å². The molecule has 0 aliphatic rings. The second-order valence-electron chi connectivity index (χ2n) is 2.61. The van der Waals surface area contributed by atoms with Crippen LogP contribution in [0.4, 0.5) is 0 Å². The maximum atomic E-state index is 2.27. The van der Waals surface area contributed by atoms with E-state index in [9.17, 15) is 0 Å². The van der Waals surface area contributed by atoms with E-state index in [1.165, 1.54) is 30.7 Å². The molecule has 0 bridgehead atoms. The molecule has 0 aromatic heterocycles. The zero-order chi connectivity index (χ0) is 7.33. The van der Waals surface area contributed by atoms with Gasteiger partial charge in [0.2, 0.25) is 0 Å². The van der Waals surface area contributed by atoms with E-state index in [1.54, 1.807) is 0 Å². The Labute approximate surface area is 87.7 Å². The maximum absolute atomic E-state index is 2.27.